The SMILES string of the molecule is CCC(=O)c1ccc(C2C3CCN(C)CC3C(=O)N3CC[C@@H](C)CN(Cc4cc(C(F)(F)F)cc(C(F)(F)F)c4)C(=O)C23)cc1. The second-order valence-corrected chi connectivity index (χ2v) is 12.7. The Bertz CT molecular complexity index is 1410. The van der Waals surface area contributed by atoms with Crippen molar-refractivity contribution in [2.45, 2.75) is 64.0 Å². The summed E-state index contributed by atoms with van der Waals surface area (Å²) in [5.74, 6) is -1.93. The van der Waals surface area contributed by atoms with E-state index in [4.69, 9.17) is 0 Å². The minimum atomic E-state index is -5.02. The molecule has 0 aromatic heterocycles. The second-order valence-electron chi connectivity index (χ2n) is 12.7. The normalized spacial score (nSPS) is 26.6. The third-order valence-electron chi connectivity index (χ3n) is 9.53. The third kappa shape index (κ3) is 6.76. The van der Waals surface area contributed by atoms with Gasteiger partial charge in [-0.1, -0.05) is 38.1 Å². The Hall–Kier alpha value is -3.41. The van der Waals surface area contributed by atoms with Crippen LogP contribution in [-0.4, -0.2) is 71.6 Å². The minimum absolute atomic E-state index is 0.0410. The van der Waals surface area contributed by atoms with Gasteiger partial charge in [0.2, 0.25) is 11.8 Å². The van der Waals surface area contributed by atoms with Crippen LogP contribution < -0.4 is 0 Å². The van der Waals surface area contributed by atoms with Crippen molar-refractivity contribution in [1.82, 2.24) is 14.7 Å². The number of benzene rings is 2. The summed E-state index contributed by atoms with van der Waals surface area (Å²) in [6, 6.07) is 7.42. The number of halogens is 6. The molecule has 3 saturated heterocycles. The fourth-order valence-electron chi connectivity index (χ4n) is 7.24. The average Bonchev–Trinajstić information content (AvgIpc) is 2.98. The van der Waals surface area contributed by atoms with Crippen LogP contribution in [0.2, 0.25) is 0 Å². The molecule has 0 radical (unpaired) electrons. The maximum atomic E-state index is 14.6. The van der Waals surface area contributed by atoms with E-state index in [1.807, 2.05) is 14.0 Å². The first-order chi connectivity index (χ1) is 21.1. The van der Waals surface area contributed by atoms with Crippen LogP contribution in [0.3, 0.4) is 0 Å². The summed E-state index contributed by atoms with van der Waals surface area (Å²) in [4.78, 5) is 45.9. The van der Waals surface area contributed by atoms with Crippen molar-refractivity contribution in [2.75, 3.05) is 33.2 Å². The molecule has 2 amide bonds. The molecule has 3 aliphatic rings. The molecule has 4 unspecified atom stereocenters. The minimum Gasteiger partial charge on any atom is -0.336 e. The molecule has 0 N–H and O–H groups in total. The molecule has 0 saturated carbocycles. The van der Waals surface area contributed by atoms with Crippen LogP contribution in [0.15, 0.2) is 42.5 Å². The van der Waals surface area contributed by atoms with Crippen molar-refractivity contribution in [3.05, 3.63) is 70.3 Å². The van der Waals surface area contributed by atoms with Crippen LogP contribution >= 0.6 is 0 Å². The highest BCUT2D eigenvalue weighted by atomic mass is 19.4. The predicted octanol–water partition coefficient (Wildman–Crippen LogP) is 6.25. The molecule has 0 spiro atoms. The lowest BCUT2D eigenvalue weighted by molar-refractivity contribution is -0.162. The van der Waals surface area contributed by atoms with E-state index < -0.39 is 47.9 Å². The van der Waals surface area contributed by atoms with Crippen molar-refractivity contribution in [1.29, 1.82) is 0 Å². The number of hydrogen-bond donors (Lipinski definition) is 0. The Kier molecular flexibility index (Phi) is 9.09. The number of piperidine rings is 2. The lowest BCUT2D eigenvalue weighted by Gasteiger charge is -2.53. The monoisotopic (exact) mass is 637 g/mol. The van der Waals surface area contributed by atoms with Gasteiger partial charge >= 0.3 is 12.4 Å². The van der Waals surface area contributed by atoms with E-state index in [1.165, 1.54) is 4.90 Å². The maximum absolute atomic E-state index is 14.6. The number of amides is 2. The molecule has 12 heteroatoms. The van der Waals surface area contributed by atoms with Gasteiger partial charge in [-0.3, -0.25) is 14.4 Å². The maximum Gasteiger partial charge on any atom is 0.416 e. The van der Waals surface area contributed by atoms with Gasteiger partial charge in [0.25, 0.3) is 0 Å². The molecule has 45 heavy (non-hydrogen) atoms. The van der Waals surface area contributed by atoms with Gasteiger partial charge < -0.3 is 14.7 Å². The van der Waals surface area contributed by atoms with Crippen LogP contribution in [0.1, 0.15) is 71.6 Å². The number of Topliss-reactive ketones (excluding diaryl/α,β-unsaturated/α-hetero) is 1. The van der Waals surface area contributed by atoms with Gasteiger partial charge in [0.05, 0.1) is 17.0 Å². The molecule has 6 nitrogen and oxygen atoms in total. The number of rotatable bonds is 5. The Morgan fingerprint density at radius 3 is 2.07 bits per heavy atom. The van der Waals surface area contributed by atoms with Crippen LogP contribution in [0.4, 0.5) is 26.3 Å². The zero-order chi connectivity index (χ0) is 32.8. The van der Waals surface area contributed by atoms with Crippen LogP contribution in [0.25, 0.3) is 0 Å². The summed E-state index contributed by atoms with van der Waals surface area (Å²) < 4.78 is 81.9. The first-order valence-corrected chi connectivity index (χ1v) is 15.3. The fraction of sp³-hybridized carbons (Fsp3) is 0.545. The van der Waals surface area contributed by atoms with Crippen LogP contribution in [0, 0.1) is 17.8 Å². The summed E-state index contributed by atoms with van der Waals surface area (Å²) >= 11 is 0. The summed E-state index contributed by atoms with van der Waals surface area (Å²) in [5.41, 5.74) is -1.88. The molecule has 2 aromatic rings. The van der Waals surface area contributed by atoms with E-state index in [0.29, 0.717) is 56.6 Å². The molecule has 5 rings (SSSR count). The molecule has 0 aliphatic carbocycles. The van der Waals surface area contributed by atoms with E-state index in [0.717, 1.165) is 5.56 Å². The van der Waals surface area contributed by atoms with Gasteiger partial charge in [-0.2, -0.15) is 26.3 Å². The number of likely N-dealkylation sites (tertiary alicyclic amines) is 1. The van der Waals surface area contributed by atoms with Crippen molar-refractivity contribution in [3.8, 4) is 0 Å². The molecule has 0 bridgehead atoms. The number of carbonyl (C=O) groups is 3. The zero-order valence-electron chi connectivity index (χ0n) is 25.4. The largest absolute Gasteiger partial charge is 0.416 e. The highest BCUT2D eigenvalue weighted by Gasteiger charge is 2.54. The third-order valence-corrected chi connectivity index (χ3v) is 9.53. The summed E-state index contributed by atoms with van der Waals surface area (Å²) in [7, 11) is 1.93. The lowest BCUT2D eigenvalue weighted by atomic mass is 9.66. The van der Waals surface area contributed by atoms with Gasteiger partial charge in [-0.15, -0.1) is 0 Å². The van der Waals surface area contributed by atoms with E-state index in [2.05, 4.69) is 4.90 Å². The number of hydrogen-bond acceptors (Lipinski definition) is 4. The van der Waals surface area contributed by atoms with Gasteiger partial charge in [0.1, 0.15) is 6.04 Å². The van der Waals surface area contributed by atoms with E-state index in [-0.39, 0.29) is 47.6 Å². The first-order valence-electron chi connectivity index (χ1n) is 15.3. The number of nitrogens with zero attached hydrogens (tertiary/aromatic N) is 3. The molecule has 244 valence electrons. The summed E-state index contributed by atoms with van der Waals surface area (Å²) in [6.07, 6.45) is -8.58. The topological polar surface area (TPSA) is 60.9 Å². The van der Waals surface area contributed by atoms with Gasteiger partial charge in [0.15, 0.2) is 5.78 Å². The van der Waals surface area contributed by atoms with Crippen LogP contribution in [-0.2, 0) is 28.5 Å². The average molecular weight is 638 g/mol. The van der Waals surface area contributed by atoms with Gasteiger partial charge in [-0.05, 0) is 67.6 Å². The smallest absolute Gasteiger partial charge is 0.336 e. The Labute approximate surface area is 258 Å². The fourth-order valence-corrected chi connectivity index (χ4v) is 7.24. The van der Waals surface area contributed by atoms with E-state index in [9.17, 15) is 40.7 Å². The predicted molar refractivity (Wildman–Crippen MR) is 154 cm³/mol. The van der Waals surface area contributed by atoms with Crippen LogP contribution in [0.5, 0.6) is 0 Å². The van der Waals surface area contributed by atoms with Crippen molar-refractivity contribution >= 4 is 17.6 Å². The van der Waals surface area contributed by atoms with Crippen molar-refractivity contribution in [2.24, 2.45) is 17.8 Å². The standard InChI is InChI=1S/C33H37F6N3O3/c1-4-27(43)21-5-7-22(8-6-21)28-25-10-11-40(3)18-26(25)30(44)42-12-9-19(2)16-41(31(45)29(28)42)17-20-13-23(32(34,35)36)15-24(14-20)33(37,38)39/h5-8,13-15,19,25-26,28-29H,4,9-12,16-18H2,1-3H3/t19-,25?,26?,28?,29?/m1/s1. The van der Waals surface area contributed by atoms with E-state index >= 15 is 0 Å². The first kappa shape index (κ1) is 33.0. The molecular formula is C33H37F6N3O3. The lowest BCUT2D eigenvalue weighted by Crippen LogP contribution is -2.65. The Morgan fingerprint density at radius 2 is 1.49 bits per heavy atom. The molecule has 2 aromatic carbocycles. The molecule has 3 aliphatic heterocycles. The zero-order valence-corrected chi connectivity index (χ0v) is 25.4. The summed E-state index contributed by atoms with van der Waals surface area (Å²) in [6.45, 7) is 4.76. The quantitative estimate of drug-likeness (QED) is 0.288. The second kappa shape index (κ2) is 12.4. The number of carbonyl (C=O) groups excluding carboxylic acids is 3. The number of ketones is 1. The number of alkyl halides is 6. The summed E-state index contributed by atoms with van der Waals surface area (Å²) in [5, 5.41) is 0. The van der Waals surface area contributed by atoms with Crippen molar-refractivity contribution in [3.63, 3.8) is 0 Å². The van der Waals surface area contributed by atoms with Crippen molar-refractivity contribution < 1.29 is 40.7 Å². The molecule has 3 heterocycles. The Balaban J connectivity index is 1.58. The molecule has 5 atom stereocenters. The molecular weight excluding hydrogens is 600 g/mol. The Morgan fingerprint density at radius 1 is 0.867 bits per heavy atom. The highest BCUT2D eigenvalue weighted by Crippen LogP contribution is 2.46. The van der Waals surface area contributed by atoms with Gasteiger partial charge in [0, 0.05) is 44.1 Å². The van der Waals surface area contributed by atoms with E-state index in [1.54, 1.807) is 36.1 Å². The van der Waals surface area contributed by atoms with Gasteiger partial charge in [-0.25, -0.2) is 0 Å². The number of fused-ring (bicyclic) bond motifs is 2. The molecule has 3 fully saturated rings. The highest BCUT2D eigenvalue weighted by molar-refractivity contribution is 5.96.